The fourth-order valence-electron chi connectivity index (χ4n) is 5.76. The summed E-state index contributed by atoms with van der Waals surface area (Å²) < 4.78 is 170. The van der Waals surface area contributed by atoms with Crippen molar-refractivity contribution in [2.24, 2.45) is 0 Å². The molecule has 234 valence electrons. The number of hydrogen-bond acceptors (Lipinski definition) is 8. The lowest BCUT2D eigenvalue weighted by atomic mass is 10.1. The van der Waals surface area contributed by atoms with Crippen LogP contribution in [0.25, 0.3) is 28.2 Å². The molecule has 12 heteroatoms. The average molecular weight is 593 g/mol. The molecular formula is C27H61F2N9O. The Kier molecular flexibility index (Phi) is 3.82. The molecule has 0 saturated carbocycles. The highest BCUT2D eigenvalue weighted by Gasteiger charge is 2.31. The molecule has 0 amide bonds. The number of rotatable bonds is 5. The molecule has 2 saturated heterocycles. The Morgan fingerprint density at radius 3 is 2.69 bits per heavy atom. The predicted molar refractivity (Wildman–Crippen MR) is 175 cm³/mol. The molecule has 6 rings (SSSR count). The van der Waals surface area contributed by atoms with Crippen LogP contribution in [0.1, 0.15) is 77.2 Å². The van der Waals surface area contributed by atoms with Crippen LogP contribution in [0.2, 0.25) is 0 Å². The molecule has 2 aliphatic rings. The van der Waals surface area contributed by atoms with Crippen LogP contribution >= 0.6 is 0 Å². The summed E-state index contributed by atoms with van der Waals surface area (Å²) in [6.45, 7) is 9.13. The van der Waals surface area contributed by atoms with Crippen molar-refractivity contribution in [3.63, 3.8) is 0 Å². The number of hydrogen-bond donors (Lipinski definition) is 2. The number of nitrogens with zero attached hydrogens (tertiary/aromatic N) is 7. The van der Waals surface area contributed by atoms with Gasteiger partial charge in [0.05, 0.1) is 42.0 Å². The molecule has 0 spiro atoms. The lowest BCUT2D eigenvalue weighted by Crippen LogP contribution is -2.44. The monoisotopic (exact) mass is 593 g/mol. The second-order valence-electron chi connectivity index (χ2n) is 10.3. The fourth-order valence-corrected chi connectivity index (χ4v) is 5.76. The number of piperidine rings is 1. The lowest BCUT2D eigenvalue weighted by molar-refractivity contribution is 0.0981. The number of aromatic nitrogens is 6. The summed E-state index contributed by atoms with van der Waals surface area (Å²) in [7, 11) is 1.72. The van der Waals surface area contributed by atoms with Gasteiger partial charge in [-0.2, -0.15) is 10.1 Å². The highest BCUT2D eigenvalue weighted by Crippen LogP contribution is 2.36. The molecule has 0 aliphatic carbocycles. The third-order valence-corrected chi connectivity index (χ3v) is 7.72. The molecule has 5 heterocycles. The summed E-state index contributed by atoms with van der Waals surface area (Å²) in [5.41, 5.74) is 3.49. The molecular weight excluding hydrogens is 504 g/mol. The third-order valence-electron chi connectivity index (χ3n) is 7.72. The summed E-state index contributed by atoms with van der Waals surface area (Å²) in [6.07, 6.45) is 1.91. The predicted octanol–water partition coefficient (Wildman–Crippen LogP) is 7.21. The second-order valence-corrected chi connectivity index (χ2v) is 10.3. The van der Waals surface area contributed by atoms with Crippen molar-refractivity contribution in [2.45, 2.75) is 45.7 Å². The number of aryl methyl sites for hydroxylation is 1. The summed E-state index contributed by atoms with van der Waals surface area (Å²) >= 11 is 0. The van der Waals surface area contributed by atoms with Crippen molar-refractivity contribution < 1.29 is 53.5 Å². The van der Waals surface area contributed by atoms with Crippen LogP contribution in [0.3, 0.4) is 0 Å². The van der Waals surface area contributed by atoms with Crippen molar-refractivity contribution in [3.05, 3.63) is 41.2 Å². The van der Waals surface area contributed by atoms with E-state index in [9.17, 15) is 4.39 Å². The molecule has 2 N–H and O–H groups in total. The first-order chi connectivity index (χ1) is 31.9. The van der Waals surface area contributed by atoms with E-state index in [0.717, 1.165) is 31.6 Å². The quantitative estimate of drug-likeness (QED) is 0.251. The Morgan fingerprint density at radius 2 is 1.95 bits per heavy atom. The van der Waals surface area contributed by atoms with Gasteiger partial charge in [0.25, 0.3) is 0 Å². The van der Waals surface area contributed by atoms with E-state index in [0.29, 0.717) is 48.0 Å². The van der Waals surface area contributed by atoms with Crippen LogP contribution < -0.4 is 15.5 Å². The van der Waals surface area contributed by atoms with E-state index < -0.39 is 11.6 Å². The number of ether oxygens (including phenoxy) is 1. The van der Waals surface area contributed by atoms with Gasteiger partial charge in [-0.1, -0.05) is 0 Å². The molecule has 1 aromatic carbocycles. The van der Waals surface area contributed by atoms with Crippen molar-refractivity contribution in [1.29, 1.82) is 0 Å². The fraction of sp³-hybridized carbons (Fsp3) is 0.481. The van der Waals surface area contributed by atoms with Gasteiger partial charge in [-0.15, -0.1) is 0 Å². The zero-order valence-corrected chi connectivity index (χ0v) is 22.6. The van der Waals surface area contributed by atoms with E-state index in [1.165, 1.54) is 12.1 Å². The molecule has 0 unspecified atom stereocenters. The van der Waals surface area contributed by atoms with E-state index in [1.807, 2.05) is 30.4 Å². The number of imidazole rings is 1. The summed E-state index contributed by atoms with van der Waals surface area (Å²) in [4.78, 5) is 16.0. The van der Waals surface area contributed by atoms with Gasteiger partial charge in [-0.05, 0) is 58.8 Å². The first-order valence-corrected chi connectivity index (χ1v) is 13.4. The van der Waals surface area contributed by atoms with Crippen LogP contribution in [0.15, 0.2) is 18.2 Å². The van der Waals surface area contributed by atoms with Crippen molar-refractivity contribution in [1.82, 2.24) is 34.6 Å². The maximum atomic E-state index is 16.6. The normalized spacial score (nSPS) is 21.4. The molecule has 2 aliphatic heterocycles. The van der Waals surface area contributed by atoms with Gasteiger partial charge < -0.3 is 20.3 Å². The largest absolute Gasteiger partial charge is 0.377 e. The van der Waals surface area contributed by atoms with Crippen molar-refractivity contribution in [3.8, 4) is 17.2 Å². The maximum Gasteiger partial charge on any atom is 0.239 e. The zero-order chi connectivity index (χ0) is 53.3. The molecule has 1 atom stereocenters. The molecule has 0 bridgehead atoms. The standard InChI is InChI=1S/C27H33F2N9O.14H2/c1-15-14-39-12-11-36(15)25-23(29)24(22-16(2)35-38(17(22)3)19-7-9-31-10-8-19)33-27(34-25)37-21-6-5-18(28)13-20(21)32-26(37)30-4;;;;;;;;;;;;;;/h5-6,13,15,19,31H,7-12,14H2,1-4H3,(H,30,32);14*1H/t15-;;;;;;;;;;;;;;/m1............../s1/i;13*1+1D;1+1. The minimum Gasteiger partial charge on any atom is -0.377 e. The van der Waals surface area contributed by atoms with Gasteiger partial charge in [-0.3, -0.25) is 4.68 Å². The molecule has 39 heavy (non-hydrogen) atoms. The smallest absolute Gasteiger partial charge is 0.239 e. The van der Waals surface area contributed by atoms with Crippen LogP contribution in [0.4, 0.5) is 20.5 Å². The third kappa shape index (κ3) is 4.41. The maximum absolute atomic E-state index is 16.6. The first kappa shape index (κ1) is 14.7. The van der Waals surface area contributed by atoms with Gasteiger partial charge >= 0.3 is 0 Å². The average Bonchev–Trinajstić information content (AvgIpc) is 3.94. The summed E-state index contributed by atoms with van der Waals surface area (Å²) in [5, 5.41) is 11.3. The first-order valence-electron chi connectivity index (χ1n) is 26.4. The molecule has 3 aromatic heterocycles. The minimum atomic E-state index is -0.495. The number of morpholine rings is 1. The second kappa shape index (κ2) is 10.2. The number of nitrogens with one attached hydrogen (secondary N) is 2. The molecule has 2 fully saturated rings. The summed E-state index contributed by atoms with van der Waals surface area (Å²) in [6, 6.07) is 4.52. The van der Waals surface area contributed by atoms with Crippen molar-refractivity contribution >= 4 is 22.8 Å². The van der Waals surface area contributed by atoms with E-state index in [4.69, 9.17) is 58.4 Å². The van der Waals surface area contributed by atoms with Crippen LogP contribution in [-0.2, 0) is 4.74 Å². The summed E-state index contributed by atoms with van der Waals surface area (Å²) in [5.74, 6) is -0.0230. The highest BCUT2D eigenvalue weighted by molar-refractivity contribution is 5.81. The Labute approximate surface area is 267 Å². The number of benzene rings is 1. The highest BCUT2D eigenvalue weighted by atomic mass is 19.1. The van der Waals surface area contributed by atoms with Crippen LogP contribution in [0.5, 0.6) is 0 Å². The Balaban J connectivity index is -0.000000149. The van der Waals surface area contributed by atoms with E-state index in [2.05, 4.69) is 15.6 Å². The lowest BCUT2D eigenvalue weighted by Gasteiger charge is -2.34. The number of fused-ring (bicyclic) bond motifs is 1. The van der Waals surface area contributed by atoms with Gasteiger partial charge in [0.1, 0.15) is 11.5 Å². The topological polar surface area (TPSA) is 98.0 Å². The van der Waals surface area contributed by atoms with Gasteiger partial charge in [0.2, 0.25) is 11.9 Å². The SMILES string of the molecule is CNc1nc2cc(F)ccc2n1-c1nc(-c2c(C)nn(C3CCNCC3)c2C)c(F)c(N2CCOC[C@H]2C)n1.[2HH].[2H][2H].[2H][2H].[2H][2H].[2H][2H].[2H][2H].[2H][2H].[2H][2H].[2H][2H].[2H][2H].[2H][2H].[2H][2H].[2H][2H].[2H][2H]. The van der Waals surface area contributed by atoms with Gasteiger partial charge in [0.15, 0.2) is 11.6 Å². The van der Waals surface area contributed by atoms with E-state index >= 15 is 4.39 Å². The zero-order valence-electron chi connectivity index (χ0n) is 48.6. The van der Waals surface area contributed by atoms with Gasteiger partial charge in [0, 0.05) is 70.9 Å². The Bertz CT molecular complexity index is 1590. The van der Waals surface area contributed by atoms with Gasteiger partial charge in [-0.25, -0.2) is 23.3 Å². The number of halogens is 2. The van der Waals surface area contributed by atoms with E-state index in [1.54, 1.807) is 17.7 Å². The van der Waals surface area contributed by atoms with Crippen LogP contribution in [0, 0.1) is 25.5 Å². The Hall–Kier alpha value is -3.64. The molecule has 10 nitrogen and oxygen atoms in total. The van der Waals surface area contributed by atoms with Crippen molar-refractivity contribution in [2.75, 3.05) is 50.1 Å². The minimum absolute atomic E-state index is 0. The van der Waals surface area contributed by atoms with Crippen LogP contribution in [-0.4, -0.2) is 75.2 Å². The van der Waals surface area contributed by atoms with E-state index in [-0.39, 0.29) is 31.0 Å². The molecule has 4 aromatic rings. The number of anilines is 2. The molecule has 0 radical (unpaired) electrons. The Morgan fingerprint density at radius 1 is 1.15 bits per heavy atom.